The highest BCUT2D eigenvalue weighted by Gasteiger charge is 2.10. The van der Waals surface area contributed by atoms with Gasteiger partial charge in [-0.2, -0.15) is 0 Å². The van der Waals surface area contributed by atoms with Crippen LogP contribution in [0.3, 0.4) is 0 Å². The van der Waals surface area contributed by atoms with Gasteiger partial charge in [-0.05, 0) is 30.2 Å². The summed E-state index contributed by atoms with van der Waals surface area (Å²) in [6.07, 6.45) is 4.55. The molecule has 2 heterocycles. The Bertz CT molecular complexity index is 752. The van der Waals surface area contributed by atoms with Gasteiger partial charge in [-0.25, -0.2) is 0 Å². The lowest BCUT2D eigenvalue weighted by atomic mass is 10.1. The van der Waals surface area contributed by atoms with E-state index in [1.807, 2.05) is 54.6 Å². The molecule has 0 fully saturated rings. The van der Waals surface area contributed by atoms with Crippen LogP contribution >= 0.6 is 0 Å². The Labute approximate surface area is 135 Å². The van der Waals surface area contributed by atoms with Crippen LogP contribution in [0.4, 0.5) is 0 Å². The van der Waals surface area contributed by atoms with E-state index in [1.165, 1.54) is 5.56 Å². The number of carbonyl (C=O) groups is 1. The van der Waals surface area contributed by atoms with Crippen LogP contribution in [0.5, 0.6) is 0 Å². The maximum absolute atomic E-state index is 12.0. The summed E-state index contributed by atoms with van der Waals surface area (Å²) in [7, 11) is 0. The van der Waals surface area contributed by atoms with Crippen LogP contribution < -0.4 is 5.32 Å². The van der Waals surface area contributed by atoms with Crippen LogP contribution in [0, 0.1) is 0 Å². The van der Waals surface area contributed by atoms with E-state index < -0.39 is 0 Å². The number of carbonyl (C=O) groups excluding carboxylic acids is 1. The first-order valence-corrected chi connectivity index (χ1v) is 7.61. The molecule has 0 aliphatic heterocycles. The third kappa shape index (κ3) is 4.07. The minimum Gasteiger partial charge on any atom is -0.463 e. The number of rotatable bonds is 6. The summed E-state index contributed by atoms with van der Waals surface area (Å²) in [6, 6.07) is 17.5. The van der Waals surface area contributed by atoms with Gasteiger partial charge in [0.25, 0.3) is 0 Å². The fourth-order valence-electron chi connectivity index (χ4n) is 2.40. The van der Waals surface area contributed by atoms with Crippen molar-refractivity contribution in [1.29, 1.82) is 0 Å². The van der Waals surface area contributed by atoms with E-state index in [2.05, 4.69) is 10.3 Å². The molecule has 0 saturated carbocycles. The highest BCUT2D eigenvalue weighted by atomic mass is 16.3. The van der Waals surface area contributed by atoms with Gasteiger partial charge in [0.05, 0.1) is 6.26 Å². The molecule has 1 amide bonds. The summed E-state index contributed by atoms with van der Waals surface area (Å²) >= 11 is 0. The molecule has 3 aromatic rings. The molecule has 0 bridgehead atoms. The average Bonchev–Trinajstić information content (AvgIpc) is 3.14. The van der Waals surface area contributed by atoms with E-state index >= 15 is 0 Å². The first-order chi connectivity index (χ1) is 11.3. The molecule has 0 radical (unpaired) electrons. The number of amides is 1. The Morgan fingerprint density at radius 1 is 1.04 bits per heavy atom. The van der Waals surface area contributed by atoms with Crippen LogP contribution in [0.2, 0.25) is 0 Å². The van der Waals surface area contributed by atoms with Crippen LogP contribution in [0.1, 0.15) is 17.5 Å². The zero-order valence-electron chi connectivity index (χ0n) is 12.7. The maximum Gasteiger partial charge on any atom is 0.220 e. The molecular weight excluding hydrogens is 288 g/mol. The Morgan fingerprint density at radius 2 is 1.91 bits per heavy atom. The summed E-state index contributed by atoms with van der Waals surface area (Å²) < 4.78 is 5.40. The van der Waals surface area contributed by atoms with Crippen molar-refractivity contribution in [2.75, 3.05) is 0 Å². The number of pyridine rings is 1. The van der Waals surface area contributed by atoms with E-state index in [-0.39, 0.29) is 5.91 Å². The van der Waals surface area contributed by atoms with Crippen molar-refractivity contribution in [2.24, 2.45) is 0 Å². The fourth-order valence-corrected chi connectivity index (χ4v) is 2.40. The summed E-state index contributed by atoms with van der Waals surface area (Å²) in [5.41, 5.74) is 2.87. The number of nitrogens with one attached hydrogen (secondary N) is 1. The second-order valence-electron chi connectivity index (χ2n) is 5.25. The van der Waals surface area contributed by atoms with Gasteiger partial charge in [0.1, 0.15) is 5.69 Å². The van der Waals surface area contributed by atoms with Gasteiger partial charge in [0.15, 0.2) is 5.76 Å². The molecule has 4 heteroatoms. The van der Waals surface area contributed by atoms with Crippen LogP contribution in [-0.4, -0.2) is 10.9 Å². The molecule has 23 heavy (non-hydrogen) atoms. The minimum absolute atomic E-state index is 0.0306. The van der Waals surface area contributed by atoms with Crippen molar-refractivity contribution < 1.29 is 9.21 Å². The van der Waals surface area contributed by atoms with Gasteiger partial charge in [0, 0.05) is 24.7 Å². The first kappa shape index (κ1) is 15.0. The normalized spacial score (nSPS) is 10.4. The zero-order valence-corrected chi connectivity index (χ0v) is 12.7. The highest BCUT2D eigenvalue weighted by Crippen LogP contribution is 2.21. The van der Waals surface area contributed by atoms with E-state index in [1.54, 1.807) is 12.5 Å². The fraction of sp³-hybridized carbons (Fsp3) is 0.158. The highest BCUT2D eigenvalue weighted by molar-refractivity contribution is 5.76. The summed E-state index contributed by atoms with van der Waals surface area (Å²) in [5.74, 6) is 0.738. The smallest absolute Gasteiger partial charge is 0.220 e. The molecule has 2 aromatic heterocycles. The minimum atomic E-state index is 0.0306. The Kier molecular flexibility index (Phi) is 4.84. The molecule has 1 aromatic carbocycles. The monoisotopic (exact) mass is 306 g/mol. The number of nitrogens with zero attached hydrogens (tertiary/aromatic N) is 1. The molecule has 0 spiro atoms. The quantitative estimate of drug-likeness (QED) is 0.757. The third-order valence-electron chi connectivity index (χ3n) is 3.61. The van der Waals surface area contributed by atoms with Gasteiger partial charge in [-0.3, -0.25) is 9.78 Å². The second-order valence-corrected chi connectivity index (χ2v) is 5.25. The number of aromatic nitrogens is 1. The third-order valence-corrected chi connectivity index (χ3v) is 3.61. The van der Waals surface area contributed by atoms with Crippen LogP contribution in [0.15, 0.2) is 71.5 Å². The topological polar surface area (TPSA) is 55.1 Å². The van der Waals surface area contributed by atoms with Gasteiger partial charge >= 0.3 is 0 Å². The number of furan rings is 1. The number of aryl methyl sites for hydroxylation is 1. The largest absolute Gasteiger partial charge is 0.463 e. The molecular formula is C19H18N2O2. The van der Waals surface area contributed by atoms with Gasteiger partial charge in [-0.1, -0.05) is 36.4 Å². The van der Waals surface area contributed by atoms with Crippen molar-refractivity contribution >= 4 is 5.91 Å². The Morgan fingerprint density at radius 3 is 2.70 bits per heavy atom. The van der Waals surface area contributed by atoms with Crippen molar-refractivity contribution in [2.45, 2.75) is 19.4 Å². The molecule has 3 rings (SSSR count). The predicted octanol–water partition coefficient (Wildman–Crippen LogP) is 3.59. The average molecular weight is 306 g/mol. The second kappa shape index (κ2) is 7.40. The SMILES string of the molecule is O=C(CCc1ccccc1)NCc1cccnc1-c1ccco1. The number of hydrogen-bond donors (Lipinski definition) is 1. The lowest BCUT2D eigenvalue weighted by Crippen LogP contribution is -2.23. The summed E-state index contributed by atoms with van der Waals surface area (Å²) in [6.45, 7) is 0.442. The lowest BCUT2D eigenvalue weighted by Gasteiger charge is -2.08. The number of hydrogen-bond acceptors (Lipinski definition) is 3. The molecule has 1 N–H and O–H groups in total. The van der Waals surface area contributed by atoms with Crippen molar-refractivity contribution in [1.82, 2.24) is 10.3 Å². The molecule has 0 unspecified atom stereocenters. The van der Waals surface area contributed by atoms with E-state index in [0.717, 1.165) is 17.7 Å². The molecule has 116 valence electrons. The number of benzene rings is 1. The standard InChI is InChI=1S/C19H18N2O2/c22-18(11-10-15-6-2-1-3-7-15)21-14-16-8-4-12-20-19(16)17-9-5-13-23-17/h1-9,12-13H,10-11,14H2,(H,21,22). The van der Waals surface area contributed by atoms with Gasteiger partial charge in [0.2, 0.25) is 5.91 Å². The summed E-state index contributed by atoms with van der Waals surface area (Å²) in [4.78, 5) is 16.4. The molecule has 0 aliphatic carbocycles. The molecule has 0 aliphatic rings. The van der Waals surface area contributed by atoms with Gasteiger partial charge < -0.3 is 9.73 Å². The molecule has 4 nitrogen and oxygen atoms in total. The van der Waals surface area contributed by atoms with Crippen LogP contribution in [0.25, 0.3) is 11.5 Å². The summed E-state index contributed by atoms with van der Waals surface area (Å²) in [5, 5.41) is 2.95. The van der Waals surface area contributed by atoms with Crippen molar-refractivity contribution in [3.63, 3.8) is 0 Å². The maximum atomic E-state index is 12.0. The van der Waals surface area contributed by atoms with E-state index in [0.29, 0.717) is 18.7 Å². The van der Waals surface area contributed by atoms with Crippen LogP contribution in [-0.2, 0) is 17.8 Å². The first-order valence-electron chi connectivity index (χ1n) is 7.61. The van der Waals surface area contributed by atoms with Gasteiger partial charge in [-0.15, -0.1) is 0 Å². The van der Waals surface area contributed by atoms with E-state index in [4.69, 9.17) is 4.42 Å². The van der Waals surface area contributed by atoms with Crippen molar-refractivity contribution in [3.8, 4) is 11.5 Å². The van der Waals surface area contributed by atoms with Crippen molar-refractivity contribution in [3.05, 3.63) is 78.2 Å². The Hall–Kier alpha value is -2.88. The van der Waals surface area contributed by atoms with E-state index in [9.17, 15) is 4.79 Å². The zero-order chi connectivity index (χ0) is 15.9. The molecule has 0 atom stereocenters. The molecule has 0 saturated heterocycles. The lowest BCUT2D eigenvalue weighted by molar-refractivity contribution is -0.121. The Balaban J connectivity index is 1.57. The predicted molar refractivity (Wildman–Crippen MR) is 88.5 cm³/mol.